The Morgan fingerprint density at radius 2 is 1.81 bits per heavy atom. The second-order valence-corrected chi connectivity index (χ2v) is 9.33. The molecule has 2 rings (SSSR count). The zero-order valence-electron chi connectivity index (χ0n) is 11.2. The molecule has 9 heteroatoms. The van der Waals surface area contributed by atoms with E-state index in [1.54, 1.807) is 23.6 Å². The van der Waals surface area contributed by atoms with E-state index in [1.165, 1.54) is 18.3 Å². The highest BCUT2D eigenvalue weighted by Crippen LogP contribution is 2.25. The zero-order valence-corrected chi connectivity index (χ0v) is 13.7. The van der Waals surface area contributed by atoms with Crippen molar-refractivity contribution in [1.82, 2.24) is 4.98 Å². The minimum absolute atomic E-state index is 0.105. The van der Waals surface area contributed by atoms with Crippen molar-refractivity contribution in [2.45, 2.75) is 4.90 Å². The Hall–Kier alpha value is -1.45. The van der Waals surface area contributed by atoms with Gasteiger partial charge in [0.1, 0.15) is 9.84 Å². The van der Waals surface area contributed by atoms with Gasteiger partial charge >= 0.3 is 0 Å². The van der Waals surface area contributed by atoms with Crippen molar-refractivity contribution < 1.29 is 16.8 Å². The summed E-state index contributed by atoms with van der Waals surface area (Å²) in [7, 11) is -7.11. The first-order valence-electron chi connectivity index (χ1n) is 5.96. The number of aromatic nitrogens is 1. The van der Waals surface area contributed by atoms with Crippen LogP contribution in [0, 0.1) is 0 Å². The number of nitrogens with zero attached hydrogens (tertiary/aromatic N) is 2. The SMILES string of the molecule is CS(=O)(=O)CCN(c1nccs1)S(=O)(=O)c1ccccc1. The predicted molar refractivity (Wildman–Crippen MR) is 82.8 cm³/mol. The molecule has 0 aliphatic carbocycles. The molecule has 0 aliphatic rings. The molecule has 0 saturated heterocycles. The molecule has 21 heavy (non-hydrogen) atoms. The standard InChI is InChI=1S/C12H14N2O4S3/c1-20(15,16)10-8-14(12-13-7-9-19-12)21(17,18)11-5-3-2-4-6-11/h2-7,9H,8,10H2,1H3. The van der Waals surface area contributed by atoms with Gasteiger partial charge in [-0.05, 0) is 12.1 Å². The zero-order chi connectivity index (χ0) is 15.5. The van der Waals surface area contributed by atoms with Gasteiger partial charge in [0, 0.05) is 17.8 Å². The number of sulfone groups is 1. The van der Waals surface area contributed by atoms with Crippen LogP contribution in [-0.4, -0.2) is 40.4 Å². The maximum absolute atomic E-state index is 12.6. The Bertz CT molecular complexity index is 784. The molecule has 0 aliphatic heterocycles. The van der Waals surface area contributed by atoms with Crippen molar-refractivity contribution in [3.8, 4) is 0 Å². The van der Waals surface area contributed by atoms with Gasteiger partial charge in [-0.25, -0.2) is 26.1 Å². The van der Waals surface area contributed by atoms with E-state index in [-0.39, 0.29) is 22.3 Å². The molecule has 1 aromatic heterocycles. The van der Waals surface area contributed by atoms with E-state index in [4.69, 9.17) is 0 Å². The molecule has 0 amide bonds. The lowest BCUT2D eigenvalue weighted by molar-refractivity contribution is 0.590. The van der Waals surface area contributed by atoms with E-state index < -0.39 is 19.9 Å². The largest absolute Gasteiger partial charge is 0.266 e. The second kappa shape index (κ2) is 6.12. The highest BCUT2D eigenvalue weighted by molar-refractivity contribution is 7.93. The van der Waals surface area contributed by atoms with Crippen molar-refractivity contribution in [3.05, 3.63) is 41.9 Å². The van der Waals surface area contributed by atoms with Crippen LogP contribution in [0.5, 0.6) is 0 Å². The van der Waals surface area contributed by atoms with Gasteiger partial charge in [-0.2, -0.15) is 0 Å². The molecular weight excluding hydrogens is 332 g/mol. The highest BCUT2D eigenvalue weighted by Gasteiger charge is 2.27. The van der Waals surface area contributed by atoms with Crippen molar-refractivity contribution >= 4 is 36.3 Å². The first-order valence-corrected chi connectivity index (χ1v) is 10.3. The summed E-state index contributed by atoms with van der Waals surface area (Å²) >= 11 is 1.14. The molecule has 0 atom stereocenters. The van der Waals surface area contributed by atoms with Crippen LogP contribution in [0.2, 0.25) is 0 Å². The summed E-state index contributed by atoms with van der Waals surface area (Å²) in [5.41, 5.74) is 0. The van der Waals surface area contributed by atoms with Gasteiger partial charge < -0.3 is 0 Å². The maximum atomic E-state index is 12.6. The molecule has 0 saturated carbocycles. The molecule has 1 heterocycles. The Kier molecular flexibility index (Phi) is 4.64. The summed E-state index contributed by atoms with van der Waals surface area (Å²) in [6.07, 6.45) is 2.55. The van der Waals surface area contributed by atoms with Crippen LogP contribution in [0.4, 0.5) is 5.13 Å². The van der Waals surface area contributed by atoms with Gasteiger partial charge in [-0.3, -0.25) is 0 Å². The van der Waals surface area contributed by atoms with Gasteiger partial charge in [-0.15, -0.1) is 11.3 Å². The summed E-state index contributed by atoms with van der Waals surface area (Å²) in [5.74, 6) is -0.265. The smallest absolute Gasteiger partial charge is 0.240 e. The maximum Gasteiger partial charge on any atom is 0.266 e. The fraction of sp³-hybridized carbons (Fsp3) is 0.250. The molecule has 0 N–H and O–H groups in total. The summed E-state index contributed by atoms with van der Waals surface area (Å²) in [5, 5.41) is 1.89. The van der Waals surface area contributed by atoms with Crippen molar-refractivity contribution in [2.75, 3.05) is 22.9 Å². The second-order valence-electron chi connectivity index (χ2n) is 4.33. The van der Waals surface area contributed by atoms with Crippen LogP contribution in [-0.2, 0) is 19.9 Å². The van der Waals surface area contributed by atoms with Gasteiger partial charge in [0.05, 0.1) is 17.2 Å². The monoisotopic (exact) mass is 346 g/mol. The fourth-order valence-electron chi connectivity index (χ4n) is 1.63. The minimum Gasteiger partial charge on any atom is -0.240 e. The number of hydrogen-bond donors (Lipinski definition) is 0. The number of benzene rings is 1. The van der Waals surface area contributed by atoms with Crippen LogP contribution in [0.3, 0.4) is 0 Å². The van der Waals surface area contributed by atoms with E-state index in [0.29, 0.717) is 0 Å². The van der Waals surface area contributed by atoms with Gasteiger partial charge in [-0.1, -0.05) is 18.2 Å². The molecule has 0 radical (unpaired) electrons. The summed E-state index contributed by atoms with van der Waals surface area (Å²) in [6.45, 7) is -0.163. The Labute approximate surface area is 128 Å². The van der Waals surface area contributed by atoms with E-state index in [1.807, 2.05) is 0 Å². The molecule has 0 spiro atoms. The predicted octanol–water partition coefficient (Wildman–Crippen LogP) is 1.38. The molecule has 0 unspecified atom stereocenters. The van der Waals surface area contributed by atoms with Crippen LogP contribution in [0.1, 0.15) is 0 Å². The lowest BCUT2D eigenvalue weighted by Crippen LogP contribution is -2.35. The van der Waals surface area contributed by atoms with E-state index in [2.05, 4.69) is 4.98 Å². The average molecular weight is 346 g/mol. The summed E-state index contributed by atoms with van der Waals surface area (Å²) in [4.78, 5) is 4.08. The average Bonchev–Trinajstić information content (AvgIpc) is 2.92. The van der Waals surface area contributed by atoms with E-state index in [9.17, 15) is 16.8 Å². The Morgan fingerprint density at radius 1 is 1.14 bits per heavy atom. The molecule has 6 nitrogen and oxygen atoms in total. The normalized spacial score (nSPS) is 12.2. The third kappa shape index (κ3) is 4.02. The molecule has 1 aromatic carbocycles. The third-order valence-electron chi connectivity index (χ3n) is 2.63. The number of sulfonamides is 1. The van der Waals surface area contributed by atoms with Crippen molar-refractivity contribution in [2.24, 2.45) is 0 Å². The first kappa shape index (κ1) is 15.9. The fourth-order valence-corrected chi connectivity index (χ4v) is 4.59. The van der Waals surface area contributed by atoms with Crippen LogP contribution >= 0.6 is 11.3 Å². The first-order chi connectivity index (χ1) is 9.81. The van der Waals surface area contributed by atoms with Crippen LogP contribution in [0.25, 0.3) is 0 Å². The molecule has 2 aromatic rings. The topological polar surface area (TPSA) is 84.4 Å². The Morgan fingerprint density at radius 3 is 2.33 bits per heavy atom. The molecule has 0 bridgehead atoms. The number of hydrogen-bond acceptors (Lipinski definition) is 6. The quantitative estimate of drug-likeness (QED) is 0.789. The van der Waals surface area contributed by atoms with E-state index in [0.717, 1.165) is 21.9 Å². The minimum atomic E-state index is -3.83. The number of thiazole rings is 1. The Balaban J connectivity index is 2.40. The summed E-state index contributed by atoms with van der Waals surface area (Å²) < 4.78 is 49.0. The van der Waals surface area contributed by atoms with E-state index >= 15 is 0 Å². The highest BCUT2D eigenvalue weighted by atomic mass is 32.2. The van der Waals surface area contributed by atoms with Crippen molar-refractivity contribution in [3.63, 3.8) is 0 Å². The lowest BCUT2D eigenvalue weighted by atomic mass is 10.4. The molecule has 0 fully saturated rings. The lowest BCUT2D eigenvalue weighted by Gasteiger charge is -2.21. The molecular formula is C12H14N2O4S3. The van der Waals surface area contributed by atoms with Crippen LogP contribution in [0.15, 0.2) is 46.8 Å². The number of anilines is 1. The molecule has 114 valence electrons. The van der Waals surface area contributed by atoms with Gasteiger partial charge in [0.2, 0.25) is 0 Å². The van der Waals surface area contributed by atoms with Crippen molar-refractivity contribution in [1.29, 1.82) is 0 Å². The number of rotatable bonds is 6. The summed E-state index contributed by atoms with van der Waals surface area (Å²) in [6, 6.07) is 7.88. The van der Waals surface area contributed by atoms with Crippen LogP contribution < -0.4 is 4.31 Å². The van der Waals surface area contributed by atoms with Gasteiger partial charge in [0.25, 0.3) is 10.0 Å². The third-order valence-corrected chi connectivity index (χ3v) is 6.27. The van der Waals surface area contributed by atoms with Gasteiger partial charge in [0.15, 0.2) is 5.13 Å².